The maximum Gasteiger partial charge on any atom is 0.338 e. The SMILES string of the molecule is COC(=O)c1cc(OC2CCN(C(C)=O)CC2)cc(-c2ncc(C)s2)c1. The summed E-state index contributed by atoms with van der Waals surface area (Å²) in [5.74, 6) is 0.311. The third kappa shape index (κ3) is 4.22. The summed E-state index contributed by atoms with van der Waals surface area (Å²) in [5, 5.41) is 0.838. The number of benzene rings is 1. The third-order valence-electron chi connectivity index (χ3n) is 4.39. The van der Waals surface area contributed by atoms with E-state index in [4.69, 9.17) is 9.47 Å². The molecule has 1 aliphatic heterocycles. The molecule has 1 aliphatic rings. The predicted octanol–water partition coefficient (Wildman–Crippen LogP) is 3.29. The van der Waals surface area contributed by atoms with E-state index in [-0.39, 0.29) is 12.0 Å². The molecule has 1 aromatic heterocycles. The number of aromatic nitrogens is 1. The number of hydrogen-bond donors (Lipinski definition) is 0. The first-order chi connectivity index (χ1) is 12.5. The summed E-state index contributed by atoms with van der Waals surface area (Å²) in [6, 6.07) is 5.38. The average Bonchev–Trinajstić information content (AvgIpc) is 3.07. The van der Waals surface area contributed by atoms with Gasteiger partial charge in [0.2, 0.25) is 5.91 Å². The van der Waals surface area contributed by atoms with Crippen LogP contribution in [0.4, 0.5) is 0 Å². The zero-order valence-corrected chi connectivity index (χ0v) is 16.0. The number of hydrogen-bond acceptors (Lipinski definition) is 6. The summed E-state index contributed by atoms with van der Waals surface area (Å²) in [5.41, 5.74) is 1.27. The number of thiazole rings is 1. The lowest BCUT2D eigenvalue weighted by Gasteiger charge is -2.31. The van der Waals surface area contributed by atoms with Crippen LogP contribution in [0.3, 0.4) is 0 Å². The van der Waals surface area contributed by atoms with Gasteiger partial charge in [-0.3, -0.25) is 4.79 Å². The standard InChI is InChI=1S/C19H22N2O4S/c1-12-11-20-18(26-12)14-8-15(19(23)24-3)10-17(9-14)25-16-4-6-21(7-5-16)13(2)22/h8-11,16H,4-7H2,1-3H3. The highest BCUT2D eigenvalue weighted by Crippen LogP contribution is 2.31. The Labute approximate surface area is 156 Å². The molecule has 7 heteroatoms. The van der Waals surface area contributed by atoms with Crippen LogP contribution in [0.25, 0.3) is 10.6 Å². The van der Waals surface area contributed by atoms with Gasteiger partial charge >= 0.3 is 5.97 Å². The Morgan fingerprint density at radius 3 is 2.54 bits per heavy atom. The molecule has 26 heavy (non-hydrogen) atoms. The number of methoxy groups -OCH3 is 1. The van der Waals surface area contributed by atoms with E-state index >= 15 is 0 Å². The molecule has 6 nitrogen and oxygen atoms in total. The van der Waals surface area contributed by atoms with Gasteiger partial charge in [0, 0.05) is 49.5 Å². The first kappa shape index (κ1) is 18.4. The number of amides is 1. The molecule has 0 N–H and O–H groups in total. The number of carbonyl (C=O) groups is 2. The molecule has 2 aromatic rings. The number of esters is 1. The Bertz CT molecular complexity index is 810. The number of ether oxygens (including phenoxy) is 2. The van der Waals surface area contributed by atoms with Gasteiger partial charge < -0.3 is 14.4 Å². The molecule has 0 radical (unpaired) electrons. The van der Waals surface area contributed by atoms with Crippen molar-refractivity contribution in [2.45, 2.75) is 32.8 Å². The highest BCUT2D eigenvalue weighted by Gasteiger charge is 2.23. The fraction of sp³-hybridized carbons (Fsp3) is 0.421. The molecule has 0 unspecified atom stereocenters. The van der Waals surface area contributed by atoms with Crippen molar-refractivity contribution in [2.24, 2.45) is 0 Å². The summed E-state index contributed by atoms with van der Waals surface area (Å²) in [6.07, 6.45) is 3.37. The maximum absolute atomic E-state index is 12.0. The first-order valence-corrected chi connectivity index (χ1v) is 9.36. The number of piperidine rings is 1. The van der Waals surface area contributed by atoms with E-state index in [1.807, 2.05) is 24.1 Å². The van der Waals surface area contributed by atoms with Gasteiger partial charge in [-0.1, -0.05) is 0 Å². The van der Waals surface area contributed by atoms with Gasteiger partial charge in [-0.15, -0.1) is 11.3 Å². The van der Waals surface area contributed by atoms with E-state index < -0.39 is 5.97 Å². The molecule has 0 saturated carbocycles. The molecule has 1 fully saturated rings. The summed E-state index contributed by atoms with van der Waals surface area (Å²) in [4.78, 5) is 30.8. The molecule has 1 amide bonds. The van der Waals surface area contributed by atoms with Crippen LogP contribution in [-0.2, 0) is 9.53 Å². The molecule has 3 rings (SSSR count). The highest BCUT2D eigenvalue weighted by molar-refractivity contribution is 7.14. The van der Waals surface area contributed by atoms with Crippen LogP contribution in [0.2, 0.25) is 0 Å². The Hall–Kier alpha value is -2.41. The van der Waals surface area contributed by atoms with E-state index in [9.17, 15) is 9.59 Å². The molecule has 2 heterocycles. The van der Waals surface area contributed by atoms with Gasteiger partial charge in [0.05, 0.1) is 12.7 Å². The van der Waals surface area contributed by atoms with Gasteiger partial charge in [-0.05, 0) is 25.1 Å². The Balaban J connectivity index is 1.82. The van der Waals surface area contributed by atoms with Crippen LogP contribution >= 0.6 is 11.3 Å². The minimum absolute atomic E-state index is 0.0179. The van der Waals surface area contributed by atoms with Crippen molar-refractivity contribution in [3.05, 3.63) is 34.8 Å². The van der Waals surface area contributed by atoms with Crippen molar-refractivity contribution < 1.29 is 19.1 Å². The smallest absolute Gasteiger partial charge is 0.338 e. The minimum atomic E-state index is -0.406. The van der Waals surface area contributed by atoms with Crippen molar-refractivity contribution in [2.75, 3.05) is 20.2 Å². The second-order valence-corrected chi connectivity index (χ2v) is 7.57. The van der Waals surface area contributed by atoms with Crippen LogP contribution in [0, 0.1) is 6.92 Å². The average molecular weight is 374 g/mol. The summed E-state index contributed by atoms with van der Waals surface area (Å²) in [6.45, 7) is 4.96. The number of likely N-dealkylation sites (tertiary alicyclic amines) is 1. The van der Waals surface area contributed by atoms with Crippen LogP contribution in [0.5, 0.6) is 5.75 Å². The quantitative estimate of drug-likeness (QED) is 0.768. The van der Waals surface area contributed by atoms with Crippen LogP contribution in [0.1, 0.15) is 35.0 Å². The summed E-state index contributed by atoms with van der Waals surface area (Å²) >= 11 is 1.56. The van der Waals surface area contributed by atoms with Crippen molar-refractivity contribution in [3.63, 3.8) is 0 Å². The van der Waals surface area contributed by atoms with E-state index in [2.05, 4.69) is 4.98 Å². The van der Waals surface area contributed by atoms with Gasteiger partial charge in [0.1, 0.15) is 16.9 Å². The molecular formula is C19H22N2O4S. The van der Waals surface area contributed by atoms with Gasteiger partial charge in [0.15, 0.2) is 0 Å². The zero-order chi connectivity index (χ0) is 18.7. The topological polar surface area (TPSA) is 68.7 Å². The molecule has 1 saturated heterocycles. The fourth-order valence-corrected chi connectivity index (χ4v) is 3.75. The van der Waals surface area contributed by atoms with Crippen molar-refractivity contribution in [3.8, 4) is 16.3 Å². The Morgan fingerprint density at radius 1 is 1.23 bits per heavy atom. The van der Waals surface area contributed by atoms with E-state index in [1.54, 1.807) is 30.4 Å². The van der Waals surface area contributed by atoms with Gasteiger partial charge in [-0.25, -0.2) is 9.78 Å². The molecule has 1 aromatic carbocycles. The fourth-order valence-electron chi connectivity index (χ4n) is 3.00. The molecule has 0 aliphatic carbocycles. The lowest BCUT2D eigenvalue weighted by Crippen LogP contribution is -2.40. The van der Waals surface area contributed by atoms with Gasteiger partial charge in [0.25, 0.3) is 0 Å². The molecule has 0 spiro atoms. The van der Waals surface area contributed by atoms with Crippen molar-refractivity contribution in [1.29, 1.82) is 0 Å². The third-order valence-corrected chi connectivity index (χ3v) is 5.35. The number of aryl methyl sites for hydroxylation is 1. The molecule has 0 atom stereocenters. The number of nitrogens with zero attached hydrogens (tertiary/aromatic N) is 2. The van der Waals surface area contributed by atoms with Gasteiger partial charge in [-0.2, -0.15) is 0 Å². The largest absolute Gasteiger partial charge is 0.490 e. The van der Waals surface area contributed by atoms with Crippen LogP contribution in [0.15, 0.2) is 24.4 Å². The molecule has 138 valence electrons. The second-order valence-electron chi connectivity index (χ2n) is 6.34. The lowest BCUT2D eigenvalue weighted by molar-refractivity contribution is -0.130. The van der Waals surface area contributed by atoms with Crippen LogP contribution in [-0.4, -0.2) is 48.1 Å². The van der Waals surface area contributed by atoms with Crippen LogP contribution < -0.4 is 4.74 Å². The Kier molecular flexibility index (Phi) is 5.56. The summed E-state index contributed by atoms with van der Waals surface area (Å²) in [7, 11) is 1.36. The second kappa shape index (κ2) is 7.86. The number of rotatable bonds is 4. The monoisotopic (exact) mass is 374 g/mol. The van der Waals surface area contributed by atoms with E-state index in [0.29, 0.717) is 24.4 Å². The molecule has 0 bridgehead atoms. The number of carbonyl (C=O) groups excluding carboxylic acids is 2. The minimum Gasteiger partial charge on any atom is -0.490 e. The summed E-state index contributed by atoms with van der Waals surface area (Å²) < 4.78 is 11.0. The van der Waals surface area contributed by atoms with Crippen molar-refractivity contribution >= 4 is 23.2 Å². The zero-order valence-electron chi connectivity index (χ0n) is 15.2. The van der Waals surface area contributed by atoms with Crippen molar-refractivity contribution in [1.82, 2.24) is 9.88 Å². The normalized spacial score (nSPS) is 15.0. The Morgan fingerprint density at radius 2 is 1.96 bits per heavy atom. The van der Waals surface area contributed by atoms with E-state index in [0.717, 1.165) is 28.3 Å². The predicted molar refractivity (Wildman–Crippen MR) is 99.5 cm³/mol. The lowest BCUT2D eigenvalue weighted by atomic mass is 10.1. The highest BCUT2D eigenvalue weighted by atomic mass is 32.1. The molecular weight excluding hydrogens is 352 g/mol. The maximum atomic E-state index is 12.0. The van der Waals surface area contributed by atoms with E-state index in [1.165, 1.54) is 7.11 Å². The first-order valence-electron chi connectivity index (χ1n) is 8.54.